The van der Waals surface area contributed by atoms with Gasteiger partial charge in [-0.2, -0.15) is 0 Å². The van der Waals surface area contributed by atoms with E-state index in [0.29, 0.717) is 30.5 Å². The van der Waals surface area contributed by atoms with E-state index in [4.69, 9.17) is 14.6 Å². The Kier molecular flexibility index (Phi) is 8.16. The monoisotopic (exact) mass is 390 g/mol. The van der Waals surface area contributed by atoms with E-state index in [9.17, 15) is 9.90 Å². The second kappa shape index (κ2) is 10.8. The Morgan fingerprint density at radius 1 is 1.14 bits per heavy atom. The van der Waals surface area contributed by atoms with Gasteiger partial charge in [0.1, 0.15) is 12.4 Å². The molecule has 1 saturated heterocycles. The molecular weight excluding hydrogens is 356 g/mol. The molecule has 1 aliphatic heterocycles. The van der Waals surface area contributed by atoms with Crippen molar-refractivity contribution in [2.24, 2.45) is 17.8 Å². The highest BCUT2D eigenvalue weighted by molar-refractivity contribution is 5.66. The largest absolute Gasteiger partial charge is 0.491 e. The van der Waals surface area contributed by atoms with Crippen LogP contribution >= 0.6 is 0 Å². The maximum atomic E-state index is 10.7. The quantitative estimate of drug-likeness (QED) is 0.623. The summed E-state index contributed by atoms with van der Waals surface area (Å²) in [5, 5.41) is 19.1. The van der Waals surface area contributed by atoms with Crippen molar-refractivity contribution in [2.45, 2.75) is 70.0 Å². The van der Waals surface area contributed by atoms with Gasteiger partial charge in [0.15, 0.2) is 0 Å². The van der Waals surface area contributed by atoms with Crippen LogP contribution in [0.5, 0.6) is 5.75 Å². The SMILES string of the molecule is O=C(O)CCC[C@H]1CC[C@@H]2[C@@H](CC[C@@H](O)COc3ccccc3)CC[C@@H]2OC1. The third-order valence-electron chi connectivity index (χ3n) is 6.42. The Bertz CT molecular complexity index is 590. The maximum absolute atomic E-state index is 10.7. The Morgan fingerprint density at radius 3 is 2.75 bits per heavy atom. The number of ether oxygens (including phenoxy) is 2. The van der Waals surface area contributed by atoms with Gasteiger partial charge in [-0.25, -0.2) is 0 Å². The molecule has 1 heterocycles. The number of aliphatic hydroxyl groups is 1. The fourth-order valence-electron chi connectivity index (χ4n) is 4.84. The van der Waals surface area contributed by atoms with Crippen LogP contribution in [-0.2, 0) is 9.53 Å². The number of para-hydroxylation sites is 1. The number of hydrogen-bond donors (Lipinski definition) is 2. The van der Waals surface area contributed by atoms with Crippen molar-refractivity contribution < 1.29 is 24.5 Å². The van der Waals surface area contributed by atoms with Crippen LogP contribution in [0.2, 0.25) is 0 Å². The molecule has 0 aromatic heterocycles. The van der Waals surface area contributed by atoms with E-state index in [1.165, 1.54) is 12.8 Å². The van der Waals surface area contributed by atoms with Gasteiger partial charge in [0.05, 0.1) is 12.2 Å². The Hall–Kier alpha value is -1.59. The Balaban J connectivity index is 1.38. The zero-order valence-corrected chi connectivity index (χ0v) is 16.7. The van der Waals surface area contributed by atoms with Crippen LogP contribution in [0, 0.1) is 17.8 Å². The van der Waals surface area contributed by atoms with Crippen LogP contribution in [0.15, 0.2) is 30.3 Å². The van der Waals surface area contributed by atoms with Crippen LogP contribution in [-0.4, -0.2) is 41.6 Å². The number of aliphatic hydroxyl groups excluding tert-OH is 1. The van der Waals surface area contributed by atoms with E-state index in [-0.39, 0.29) is 6.42 Å². The van der Waals surface area contributed by atoms with Crippen molar-refractivity contribution in [3.05, 3.63) is 30.3 Å². The van der Waals surface area contributed by atoms with Crippen molar-refractivity contribution in [1.29, 1.82) is 0 Å². The van der Waals surface area contributed by atoms with Gasteiger partial charge in [0, 0.05) is 13.0 Å². The van der Waals surface area contributed by atoms with Crippen molar-refractivity contribution in [2.75, 3.05) is 13.2 Å². The van der Waals surface area contributed by atoms with Crippen molar-refractivity contribution in [3.63, 3.8) is 0 Å². The Morgan fingerprint density at radius 2 is 1.96 bits per heavy atom. The molecule has 5 nitrogen and oxygen atoms in total. The number of carboxylic acid groups (broad SMARTS) is 1. The van der Waals surface area contributed by atoms with E-state index in [0.717, 1.165) is 50.9 Å². The number of benzene rings is 1. The molecule has 0 bridgehead atoms. The summed E-state index contributed by atoms with van der Waals surface area (Å²) in [6, 6.07) is 9.63. The van der Waals surface area contributed by atoms with Gasteiger partial charge < -0.3 is 19.7 Å². The minimum Gasteiger partial charge on any atom is -0.491 e. The molecule has 0 amide bonds. The minimum atomic E-state index is -0.707. The second-order valence-electron chi connectivity index (χ2n) is 8.46. The molecule has 5 heteroatoms. The van der Waals surface area contributed by atoms with Gasteiger partial charge in [0.2, 0.25) is 0 Å². The Labute approximate surface area is 168 Å². The first-order chi connectivity index (χ1) is 13.6. The zero-order valence-electron chi connectivity index (χ0n) is 16.7. The first-order valence-corrected chi connectivity index (χ1v) is 10.8. The number of hydrogen-bond acceptors (Lipinski definition) is 4. The molecule has 156 valence electrons. The lowest BCUT2D eigenvalue weighted by atomic mass is 9.84. The van der Waals surface area contributed by atoms with E-state index in [1.807, 2.05) is 30.3 Å². The van der Waals surface area contributed by atoms with Gasteiger partial charge >= 0.3 is 5.97 Å². The summed E-state index contributed by atoms with van der Waals surface area (Å²) in [5.41, 5.74) is 0. The lowest BCUT2D eigenvalue weighted by Gasteiger charge is -2.23. The summed E-state index contributed by atoms with van der Waals surface area (Å²) < 4.78 is 11.9. The molecule has 2 N–H and O–H groups in total. The van der Waals surface area contributed by atoms with Crippen LogP contribution in [0.4, 0.5) is 0 Å². The average Bonchev–Trinajstić information content (AvgIpc) is 2.97. The average molecular weight is 391 g/mol. The maximum Gasteiger partial charge on any atom is 0.303 e. The lowest BCUT2D eigenvalue weighted by Crippen LogP contribution is -2.23. The van der Waals surface area contributed by atoms with Crippen LogP contribution in [0.3, 0.4) is 0 Å². The fourth-order valence-corrected chi connectivity index (χ4v) is 4.84. The van der Waals surface area contributed by atoms with Crippen LogP contribution in [0.1, 0.15) is 57.8 Å². The number of carboxylic acids is 1. The molecule has 28 heavy (non-hydrogen) atoms. The van der Waals surface area contributed by atoms with Gasteiger partial charge in [-0.3, -0.25) is 4.79 Å². The van der Waals surface area contributed by atoms with Crippen LogP contribution in [0.25, 0.3) is 0 Å². The molecule has 3 rings (SSSR count). The normalized spacial score (nSPS) is 28.3. The van der Waals surface area contributed by atoms with E-state index >= 15 is 0 Å². The third-order valence-corrected chi connectivity index (χ3v) is 6.42. The summed E-state index contributed by atoms with van der Waals surface area (Å²) >= 11 is 0. The number of fused-ring (bicyclic) bond motifs is 1. The van der Waals surface area contributed by atoms with Gasteiger partial charge in [0.25, 0.3) is 0 Å². The molecule has 5 atom stereocenters. The minimum absolute atomic E-state index is 0.259. The van der Waals surface area contributed by atoms with Gasteiger partial charge in [-0.05, 0) is 81.3 Å². The lowest BCUT2D eigenvalue weighted by molar-refractivity contribution is -0.137. The highest BCUT2D eigenvalue weighted by Gasteiger charge is 2.38. The van der Waals surface area contributed by atoms with E-state index in [2.05, 4.69) is 0 Å². The smallest absolute Gasteiger partial charge is 0.303 e. The molecule has 0 spiro atoms. The molecule has 2 aliphatic rings. The molecule has 1 aliphatic carbocycles. The summed E-state index contributed by atoms with van der Waals surface area (Å²) in [5.74, 6) is 1.80. The topological polar surface area (TPSA) is 76.0 Å². The standard InChI is InChI=1S/C23H34O5/c24-19(16-27-20-6-2-1-3-7-20)12-10-18-11-14-22-21(18)13-9-17(15-28-22)5-4-8-23(25)26/h1-3,6-7,17-19,21-22,24H,4-5,8-16H2,(H,25,26)/t17-,18-,19+,21+,22-/m0/s1. The van der Waals surface area contributed by atoms with E-state index < -0.39 is 12.1 Å². The number of rotatable bonds is 10. The summed E-state index contributed by atoms with van der Waals surface area (Å²) in [6.45, 7) is 1.12. The molecular formula is C23H34O5. The van der Waals surface area contributed by atoms with Gasteiger partial charge in [-0.1, -0.05) is 18.2 Å². The predicted molar refractivity (Wildman–Crippen MR) is 107 cm³/mol. The molecule has 0 unspecified atom stereocenters. The molecule has 1 aromatic carbocycles. The fraction of sp³-hybridized carbons (Fsp3) is 0.696. The van der Waals surface area contributed by atoms with Crippen LogP contribution < -0.4 is 4.74 Å². The van der Waals surface area contributed by atoms with Crippen molar-refractivity contribution in [1.82, 2.24) is 0 Å². The first-order valence-electron chi connectivity index (χ1n) is 10.8. The first kappa shape index (κ1) is 21.1. The molecule has 1 aromatic rings. The van der Waals surface area contributed by atoms with Crippen molar-refractivity contribution >= 4 is 5.97 Å². The molecule has 0 radical (unpaired) electrons. The second-order valence-corrected chi connectivity index (χ2v) is 8.46. The van der Waals surface area contributed by atoms with E-state index in [1.54, 1.807) is 0 Å². The summed E-state index contributed by atoms with van der Waals surface area (Å²) in [7, 11) is 0. The molecule has 1 saturated carbocycles. The van der Waals surface area contributed by atoms with Crippen molar-refractivity contribution in [3.8, 4) is 5.75 Å². The zero-order chi connectivity index (χ0) is 19.8. The summed E-state index contributed by atoms with van der Waals surface area (Å²) in [4.78, 5) is 10.7. The van der Waals surface area contributed by atoms with Gasteiger partial charge in [-0.15, -0.1) is 0 Å². The summed E-state index contributed by atoms with van der Waals surface area (Å²) in [6.07, 6.45) is 8.27. The number of aliphatic carboxylic acids is 1. The third kappa shape index (κ3) is 6.49. The predicted octanol–water partition coefficient (Wildman–Crippen LogP) is 4.28. The highest BCUT2D eigenvalue weighted by Crippen LogP contribution is 2.43. The number of carbonyl (C=O) groups is 1. The molecule has 2 fully saturated rings. The highest BCUT2D eigenvalue weighted by atomic mass is 16.5.